The molecule has 2 rings (SSSR count). The molecule has 25 heavy (non-hydrogen) atoms. The van der Waals surface area contributed by atoms with Crippen molar-refractivity contribution in [1.29, 1.82) is 0 Å². The molecule has 1 aromatic carbocycles. The molecule has 0 bridgehead atoms. The second-order valence-corrected chi connectivity index (χ2v) is 6.99. The third kappa shape index (κ3) is 6.49. The van der Waals surface area contributed by atoms with Gasteiger partial charge in [-0.05, 0) is 45.2 Å². The normalized spacial score (nSPS) is 11.3. The molecule has 0 atom stereocenters. The Morgan fingerprint density at radius 2 is 1.88 bits per heavy atom. The first-order valence-electron chi connectivity index (χ1n) is 8.64. The lowest BCUT2D eigenvalue weighted by Crippen LogP contribution is -2.33. The number of fused-ring (bicyclic) bond motifs is 1. The van der Waals surface area contributed by atoms with E-state index in [0.717, 1.165) is 11.9 Å². The SMILES string of the molecule is CC(C)(C)OC(=O)NCCCC(=O)NCCc1c[nH]c2ccccc12. The number of carbonyl (C=O) groups is 2. The van der Waals surface area contributed by atoms with Crippen molar-refractivity contribution in [2.45, 2.75) is 45.6 Å². The largest absolute Gasteiger partial charge is 0.444 e. The summed E-state index contributed by atoms with van der Waals surface area (Å²) in [6.07, 6.45) is 3.28. The lowest BCUT2D eigenvalue weighted by molar-refractivity contribution is -0.121. The molecule has 0 aliphatic heterocycles. The lowest BCUT2D eigenvalue weighted by Gasteiger charge is -2.19. The van der Waals surface area contributed by atoms with E-state index in [4.69, 9.17) is 4.74 Å². The first-order chi connectivity index (χ1) is 11.8. The van der Waals surface area contributed by atoms with Crippen LogP contribution in [0, 0.1) is 0 Å². The number of carbonyl (C=O) groups excluding carboxylic acids is 2. The van der Waals surface area contributed by atoms with Crippen LogP contribution in [0.1, 0.15) is 39.2 Å². The average molecular weight is 345 g/mol. The zero-order chi connectivity index (χ0) is 18.3. The highest BCUT2D eigenvalue weighted by Gasteiger charge is 2.15. The van der Waals surface area contributed by atoms with Gasteiger partial charge in [0.1, 0.15) is 5.60 Å². The van der Waals surface area contributed by atoms with Crippen LogP contribution in [0.4, 0.5) is 4.79 Å². The van der Waals surface area contributed by atoms with E-state index in [1.54, 1.807) is 0 Å². The summed E-state index contributed by atoms with van der Waals surface area (Å²) in [4.78, 5) is 26.6. The quantitative estimate of drug-likeness (QED) is 0.674. The van der Waals surface area contributed by atoms with Gasteiger partial charge in [0.05, 0.1) is 0 Å². The summed E-state index contributed by atoms with van der Waals surface area (Å²) >= 11 is 0. The fraction of sp³-hybridized carbons (Fsp3) is 0.474. The van der Waals surface area contributed by atoms with Gasteiger partial charge >= 0.3 is 6.09 Å². The van der Waals surface area contributed by atoms with Crippen LogP contribution in [-0.2, 0) is 16.0 Å². The van der Waals surface area contributed by atoms with Crippen LogP contribution in [0.5, 0.6) is 0 Å². The Bertz CT molecular complexity index is 716. The van der Waals surface area contributed by atoms with Crippen LogP contribution in [0.3, 0.4) is 0 Å². The minimum atomic E-state index is -0.510. The molecule has 1 heterocycles. The number of hydrogen-bond acceptors (Lipinski definition) is 3. The molecule has 2 aromatic rings. The number of hydrogen-bond donors (Lipinski definition) is 3. The number of para-hydroxylation sites is 1. The Kier molecular flexibility index (Phi) is 6.44. The summed E-state index contributed by atoms with van der Waals surface area (Å²) in [5.41, 5.74) is 1.80. The molecule has 0 aliphatic rings. The van der Waals surface area contributed by atoms with E-state index >= 15 is 0 Å². The van der Waals surface area contributed by atoms with Crippen molar-refractivity contribution in [2.24, 2.45) is 0 Å². The van der Waals surface area contributed by atoms with Crippen molar-refractivity contribution in [3.8, 4) is 0 Å². The molecule has 0 unspecified atom stereocenters. The van der Waals surface area contributed by atoms with Crippen molar-refractivity contribution in [2.75, 3.05) is 13.1 Å². The van der Waals surface area contributed by atoms with E-state index in [9.17, 15) is 9.59 Å². The molecule has 3 N–H and O–H groups in total. The maximum Gasteiger partial charge on any atom is 0.407 e. The Morgan fingerprint density at radius 3 is 2.64 bits per heavy atom. The summed E-state index contributed by atoms with van der Waals surface area (Å²) in [5, 5.41) is 6.76. The molecule has 0 saturated heterocycles. The summed E-state index contributed by atoms with van der Waals surface area (Å²) < 4.78 is 5.13. The zero-order valence-corrected chi connectivity index (χ0v) is 15.1. The fourth-order valence-corrected chi connectivity index (χ4v) is 2.52. The van der Waals surface area contributed by atoms with Gasteiger partial charge in [0.15, 0.2) is 0 Å². The van der Waals surface area contributed by atoms with Gasteiger partial charge in [0.25, 0.3) is 0 Å². The number of aromatic nitrogens is 1. The molecule has 0 aliphatic carbocycles. The van der Waals surface area contributed by atoms with Crippen LogP contribution in [-0.4, -0.2) is 35.7 Å². The van der Waals surface area contributed by atoms with Crippen molar-refractivity contribution in [1.82, 2.24) is 15.6 Å². The molecule has 0 saturated carbocycles. The topological polar surface area (TPSA) is 83.2 Å². The number of ether oxygens (including phenoxy) is 1. The minimum absolute atomic E-state index is 0.00849. The van der Waals surface area contributed by atoms with E-state index < -0.39 is 11.7 Å². The third-order valence-corrected chi connectivity index (χ3v) is 3.64. The molecule has 2 amide bonds. The highest BCUT2D eigenvalue weighted by Crippen LogP contribution is 2.17. The maximum absolute atomic E-state index is 11.8. The molecule has 0 radical (unpaired) electrons. The lowest BCUT2D eigenvalue weighted by atomic mass is 10.1. The predicted octanol–water partition coefficient (Wildman–Crippen LogP) is 3.13. The number of benzene rings is 1. The number of H-pyrrole nitrogens is 1. The van der Waals surface area contributed by atoms with Crippen LogP contribution in [0.25, 0.3) is 10.9 Å². The van der Waals surface area contributed by atoms with Crippen molar-refractivity contribution in [3.63, 3.8) is 0 Å². The molecular formula is C19H27N3O3. The number of alkyl carbamates (subject to hydrolysis) is 1. The number of aromatic amines is 1. The van der Waals surface area contributed by atoms with Crippen molar-refractivity contribution in [3.05, 3.63) is 36.0 Å². The second kappa shape index (κ2) is 8.55. The van der Waals surface area contributed by atoms with E-state index in [1.807, 2.05) is 45.2 Å². The van der Waals surface area contributed by atoms with E-state index in [0.29, 0.717) is 25.9 Å². The second-order valence-electron chi connectivity index (χ2n) is 6.99. The highest BCUT2D eigenvalue weighted by atomic mass is 16.6. The van der Waals surface area contributed by atoms with Gasteiger partial charge in [-0.2, -0.15) is 0 Å². The first kappa shape index (κ1) is 18.8. The fourth-order valence-electron chi connectivity index (χ4n) is 2.52. The van der Waals surface area contributed by atoms with Crippen LogP contribution < -0.4 is 10.6 Å². The minimum Gasteiger partial charge on any atom is -0.444 e. The highest BCUT2D eigenvalue weighted by molar-refractivity contribution is 5.83. The van der Waals surface area contributed by atoms with E-state index in [1.165, 1.54) is 10.9 Å². The molecule has 0 fully saturated rings. The summed E-state index contributed by atoms with van der Waals surface area (Å²) in [6.45, 7) is 6.46. The molecular weight excluding hydrogens is 318 g/mol. The maximum atomic E-state index is 11.8. The van der Waals surface area contributed by atoms with Gasteiger partial charge in [-0.15, -0.1) is 0 Å². The van der Waals surface area contributed by atoms with Gasteiger partial charge < -0.3 is 20.4 Å². The van der Waals surface area contributed by atoms with E-state index in [2.05, 4.69) is 21.7 Å². The monoisotopic (exact) mass is 345 g/mol. The average Bonchev–Trinajstić information content (AvgIpc) is 2.93. The van der Waals surface area contributed by atoms with Gasteiger partial charge in [0, 0.05) is 36.6 Å². The Morgan fingerprint density at radius 1 is 1.12 bits per heavy atom. The number of nitrogens with one attached hydrogen (secondary N) is 3. The number of rotatable bonds is 7. The molecule has 1 aromatic heterocycles. The van der Waals surface area contributed by atoms with Crippen molar-refractivity contribution >= 4 is 22.9 Å². The third-order valence-electron chi connectivity index (χ3n) is 3.64. The summed E-state index contributed by atoms with van der Waals surface area (Å²) in [6, 6.07) is 8.12. The van der Waals surface area contributed by atoms with Gasteiger partial charge in [0.2, 0.25) is 5.91 Å². The van der Waals surface area contributed by atoms with Gasteiger partial charge in [-0.25, -0.2) is 4.79 Å². The zero-order valence-electron chi connectivity index (χ0n) is 15.1. The van der Waals surface area contributed by atoms with E-state index in [-0.39, 0.29) is 5.91 Å². The summed E-state index contributed by atoms with van der Waals surface area (Å²) in [7, 11) is 0. The van der Waals surface area contributed by atoms with Gasteiger partial charge in [-0.3, -0.25) is 4.79 Å². The predicted molar refractivity (Wildman–Crippen MR) is 98.5 cm³/mol. The van der Waals surface area contributed by atoms with Crippen LogP contribution in [0.2, 0.25) is 0 Å². The number of amides is 2. The molecule has 136 valence electrons. The Balaban J connectivity index is 1.61. The summed E-state index contributed by atoms with van der Waals surface area (Å²) in [5.74, 6) is -0.00849. The molecule has 6 heteroatoms. The smallest absolute Gasteiger partial charge is 0.407 e. The Hall–Kier alpha value is -2.50. The standard InChI is InChI=1S/C19H27N3O3/c1-19(2,3)25-18(24)21-11-6-9-17(23)20-12-10-14-13-22-16-8-5-4-7-15(14)16/h4-5,7-8,13,22H,6,9-12H2,1-3H3,(H,20,23)(H,21,24). The van der Waals surface area contributed by atoms with Crippen LogP contribution >= 0.6 is 0 Å². The van der Waals surface area contributed by atoms with Gasteiger partial charge in [-0.1, -0.05) is 18.2 Å². The Labute approximate surface area is 148 Å². The first-order valence-corrected chi connectivity index (χ1v) is 8.64. The molecule has 6 nitrogen and oxygen atoms in total. The van der Waals surface area contributed by atoms with Crippen molar-refractivity contribution < 1.29 is 14.3 Å². The molecule has 0 spiro atoms. The van der Waals surface area contributed by atoms with Crippen LogP contribution in [0.15, 0.2) is 30.5 Å².